The van der Waals surface area contributed by atoms with Crippen molar-refractivity contribution in [3.63, 3.8) is 0 Å². The maximum absolute atomic E-state index is 5.14. The lowest BCUT2D eigenvalue weighted by molar-refractivity contribution is 0.242. The quantitative estimate of drug-likeness (QED) is 0.558. The third-order valence-electron chi connectivity index (χ3n) is 3.45. The number of rotatable bonds is 8. The maximum Gasteiger partial charge on any atom is 0.0885 e. The van der Waals surface area contributed by atoms with Crippen molar-refractivity contribution in [1.29, 1.82) is 0 Å². The third kappa shape index (κ3) is 3.88. The first-order chi connectivity index (χ1) is 8.81. The van der Waals surface area contributed by atoms with E-state index in [9.17, 15) is 0 Å². The summed E-state index contributed by atoms with van der Waals surface area (Å²) in [6, 6.07) is 9.44. The Bertz CT molecular complexity index is 367. The molecule has 0 aromatic heterocycles. The molecule has 1 aromatic rings. The predicted octanol–water partition coefficient (Wildman–Crippen LogP) is 3.59. The minimum atomic E-state index is 0.523. The standard InChI is InChI=1S/C16H23NO/c1-3-18-12-4-11-17-16(15-9-10-15)14-7-5-13(2)6-8-14/h3,5-8,15-17H,1,4,9-12H2,2H3. The maximum atomic E-state index is 5.14. The van der Waals surface area contributed by atoms with Gasteiger partial charge in [-0.3, -0.25) is 0 Å². The first-order valence-electron chi connectivity index (χ1n) is 6.83. The fourth-order valence-corrected chi connectivity index (χ4v) is 2.26. The molecule has 1 saturated carbocycles. The van der Waals surface area contributed by atoms with Crippen molar-refractivity contribution in [3.05, 3.63) is 48.2 Å². The summed E-state index contributed by atoms with van der Waals surface area (Å²) < 4.78 is 5.14. The largest absolute Gasteiger partial charge is 0.502 e. The molecule has 1 atom stereocenters. The summed E-state index contributed by atoms with van der Waals surface area (Å²) in [6.07, 6.45) is 5.25. The van der Waals surface area contributed by atoms with Gasteiger partial charge in [-0.05, 0) is 44.2 Å². The van der Waals surface area contributed by atoms with Gasteiger partial charge >= 0.3 is 0 Å². The Hall–Kier alpha value is -1.28. The highest BCUT2D eigenvalue weighted by Crippen LogP contribution is 2.40. The molecule has 1 fully saturated rings. The molecule has 0 heterocycles. The zero-order chi connectivity index (χ0) is 12.8. The van der Waals surface area contributed by atoms with E-state index in [1.54, 1.807) is 0 Å². The lowest BCUT2D eigenvalue weighted by Gasteiger charge is -2.19. The zero-order valence-corrected chi connectivity index (χ0v) is 11.2. The van der Waals surface area contributed by atoms with Gasteiger partial charge in [0.25, 0.3) is 0 Å². The van der Waals surface area contributed by atoms with Crippen LogP contribution in [0.1, 0.15) is 36.4 Å². The first-order valence-corrected chi connectivity index (χ1v) is 6.83. The number of benzene rings is 1. The van der Waals surface area contributed by atoms with Crippen LogP contribution in [0, 0.1) is 12.8 Å². The minimum Gasteiger partial charge on any atom is -0.502 e. The zero-order valence-electron chi connectivity index (χ0n) is 11.2. The van der Waals surface area contributed by atoms with E-state index < -0.39 is 0 Å². The van der Waals surface area contributed by atoms with E-state index in [0.717, 1.165) is 25.5 Å². The molecule has 98 valence electrons. The molecule has 1 N–H and O–H groups in total. The summed E-state index contributed by atoms with van der Waals surface area (Å²) in [5.41, 5.74) is 2.75. The third-order valence-corrected chi connectivity index (χ3v) is 3.45. The number of hydrogen-bond acceptors (Lipinski definition) is 2. The second kappa shape index (κ2) is 6.60. The fraction of sp³-hybridized carbons (Fsp3) is 0.500. The minimum absolute atomic E-state index is 0.523. The van der Waals surface area contributed by atoms with E-state index in [0.29, 0.717) is 6.04 Å². The molecule has 1 aliphatic rings. The van der Waals surface area contributed by atoms with Crippen molar-refractivity contribution in [2.75, 3.05) is 13.2 Å². The lowest BCUT2D eigenvalue weighted by atomic mass is 10.0. The van der Waals surface area contributed by atoms with Crippen LogP contribution in [0.5, 0.6) is 0 Å². The van der Waals surface area contributed by atoms with E-state index >= 15 is 0 Å². The fourth-order valence-electron chi connectivity index (χ4n) is 2.26. The Morgan fingerprint density at radius 1 is 1.39 bits per heavy atom. The molecule has 1 unspecified atom stereocenters. The van der Waals surface area contributed by atoms with Crippen molar-refractivity contribution >= 4 is 0 Å². The van der Waals surface area contributed by atoms with Gasteiger partial charge in [0.15, 0.2) is 0 Å². The summed E-state index contributed by atoms with van der Waals surface area (Å²) >= 11 is 0. The molecule has 2 heteroatoms. The summed E-state index contributed by atoms with van der Waals surface area (Å²) in [7, 11) is 0. The topological polar surface area (TPSA) is 21.3 Å². The van der Waals surface area contributed by atoms with E-state index in [-0.39, 0.29) is 0 Å². The van der Waals surface area contributed by atoms with Crippen molar-refractivity contribution in [3.8, 4) is 0 Å². The van der Waals surface area contributed by atoms with Crippen LogP contribution in [0.4, 0.5) is 0 Å². The van der Waals surface area contributed by atoms with Gasteiger partial charge in [-0.25, -0.2) is 0 Å². The van der Waals surface area contributed by atoms with Gasteiger partial charge in [-0.15, -0.1) is 0 Å². The van der Waals surface area contributed by atoms with Gasteiger partial charge in [-0.1, -0.05) is 36.4 Å². The van der Waals surface area contributed by atoms with Gasteiger partial charge < -0.3 is 10.1 Å². The van der Waals surface area contributed by atoms with Crippen LogP contribution in [0.2, 0.25) is 0 Å². The molecule has 2 nitrogen and oxygen atoms in total. The predicted molar refractivity (Wildman–Crippen MR) is 75.4 cm³/mol. The Labute approximate surface area is 110 Å². The number of nitrogens with one attached hydrogen (secondary N) is 1. The van der Waals surface area contributed by atoms with Crippen LogP contribution in [0.25, 0.3) is 0 Å². The molecule has 0 amide bonds. The smallest absolute Gasteiger partial charge is 0.0885 e. The van der Waals surface area contributed by atoms with Gasteiger partial charge in [0, 0.05) is 6.04 Å². The summed E-state index contributed by atoms with van der Waals surface area (Å²) in [4.78, 5) is 0. The van der Waals surface area contributed by atoms with E-state index in [1.165, 1.54) is 30.2 Å². The highest BCUT2D eigenvalue weighted by Gasteiger charge is 2.31. The van der Waals surface area contributed by atoms with Gasteiger partial charge in [0.1, 0.15) is 0 Å². The van der Waals surface area contributed by atoms with E-state index in [2.05, 4.69) is 43.1 Å². The SMILES string of the molecule is C=COCCCNC(c1ccc(C)cc1)C1CC1. The van der Waals surface area contributed by atoms with Crippen molar-refractivity contribution in [2.45, 2.75) is 32.2 Å². The lowest BCUT2D eigenvalue weighted by Crippen LogP contribution is -2.24. The Kier molecular flexibility index (Phi) is 4.82. The molecule has 0 spiro atoms. The number of hydrogen-bond donors (Lipinski definition) is 1. The average Bonchev–Trinajstić information content (AvgIpc) is 3.20. The van der Waals surface area contributed by atoms with Crippen LogP contribution < -0.4 is 5.32 Å². The molecule has 1 aliphatic carbocycles. The van der Waals surface area contributed by atoms with Gasteiger partial charge in [0.05, 0.1) is 12.9 Å². The van der Waals surface area contributed by atoms with Crippen LogP contribution in [0.3, 0.4) is 0 Å². The normalized spacial score (nSPS) is 16.3. The summed E-state index contributed by atoms with van der Waals surface area (Å²) in [6.45, 7) is 7.43. The molecule has 0 bridgehead atoms. The molecular weight excluding hydrogens is 222 g/mol. The van der Waals surface area contributed by atoms with Crippen LogP contribution in [-0.2, 0) is 4.74 Å². The monoisotopic (exact) mass is 245 g/mol. The van der Waals surface area contributed by atoms with Crippen LogP contribution >= 0.6 is 0 Å². The Balaban J connectivity index is 1.84. The number of ether oxygens (including phenoxy) is 1. The summed E-state index contributed by atoms with van der Waals surface area (Å²) in [5, 5.41) is 3.66. The van der Waals surface area contributed by atoms with Crippen molar-refractivity contribution in [1.82, 2.24) is 5.32 Å². The molecule has 0 saturated heterocycles. The van der Waals surface area contributed by atoms with Crippen molar-refractivity contribution < 1.29 is 4.74 Å². The van der Waals surface area contributed by atoms with Gasteiger partial charge in [0.2, 0.25) is 0 Å². The first kappa shape index (κ1) is 13.2. The van der Waals surface area contributed by atoms with Crippen molar-refractivity contribution in [2.24, 2.45) is 5.92 Å². The highest BCUT2D eigenvalue weighted by molar-refractivity contribution is 5.25. The average molecular weight is 245 g/mol. The van der Waals surface area contributed by atoms with E-state index in [1.807, 2.05) is 0 Å². The van der Waals surface area contributed by atoms with Crippen LogP contribution in [0.15, 0.2) is 37.1 Å². The molecular formula is C16H23NO. The number of aryl methyl sites for hydroxylation is 1. The molecule has 2 rings (SSSR count). The van der Waals surface area contributed by atoms with Crippen LogP contribution in [-0.4, -0.2) is 13.2 Å². The molecule has 1 aromatic carbocycles. The van der Waals surface area contributed by atoms with Gasteiger partial charge in [-0.2, -0.15) is 0 Å². The summed E-state index contributed by atoms with van der Waals surface area (Å²) in [5.74, 6) is 0.827. The second-order valence-corrected chi connectivity index (χ2v) is 5.07. The Morgan fingerprint density at radius 2 is 2.11 bits per heavy atom. The highest BCUT2D eigenvalue weighted by atomic mass is 16.5. The Morgan fingerprint density at radius 3 is 2.72 bits per heavy atom. The molecule has 18 heavy (non-hydrogen) atoms. The molecule has 0 aliphatic heterocycles. The van der Waals surface area contributed by atoms with E-state index in [4.69, 9.17) is 4.74 Å². The second-order valence-electron chi connectivity index (χ2n) is 5.07. The molecule has 0 radical (unpaired) electrons.